The van der Waals surface area contributed by atoms with Gasteiger partial charge in [0.25, 0.3) is 0 Å². The molecule has 6 nitrogen and oxygen atoms in total. The lowest BCUT2D eigenvalue weighted by atomic mass is 10.1. The van der Waals surface area contributed by atoms with E-state index in [2.05, 4.69) is 31.2 Å². The number of ether oxygens (including phenoxy) is 1. The van der Waals surface area contributed by atoms with Crippen molar-refractivity contribution in [2.24, 2.45) is 0 Å². The van der Waals surface area contributed by atoms with Gasteiger partial charge in [-0.1, -0.05) is 23.2 Å². The number of ketones is 1. The van der Waals surface area contributed by atoms with E-state index in [0.717, 1.165) is 17.9 Å². The maximum Gasteiger partial charge on any atom is 0.177 e. The lowest BCUT2D eigenvalue weighted by molar-refractivity contribution is -0.121. The predicted octanol–water partition coefficient (Wildman–Crippen LogP) is 3.32. The average Bonchev–Trinajstić information content (AvgIpc) is 2.89. The Hall–Kier alpha value is -1.28. The van der Waals surface area contributed by atoms with Crippen molar-refractivity contribution in [2.45, 2.75) is 19.5 Å². The van der Waals surface area contributed by atoms with Crippen LogP contribution in [0.1, 0.15) is 5.69 Å². The molecule has 1 aliphatic heterocycles. The molecule has 1 saturated heterocycles. The molecule has 3 rings (SSSR count). The fourth-order valence-corrected chi connectivity index (χ4v) is 3.83. The minimum Gasteiger partial charge on any atom is -0.495 e. The minimum absolute atomic E-state index is 0.0564. The molecule has 1 aromatic carbocycles. The van der Waals surface area contributed by atoms with Crippen LogP contribution in [0.4, 0.5) is 5.69 Å². The first-order valence-electron chi connectivity index (χ1n) is 8.14. The Labute approximate surface area is 170 Å². The van der Waals surface area contributed by atoms with E-state index < -0.39 is 0 Å². The first kappa shape index (κ1) is 19.5. The van der Waals surface area contributed by atoms with Crippen LogP contribution in [0, 0.1) is 6.92 Å². The average molecular weight is 462 g/mol. The molecule has 140 valence electrons. The summed E-state index contributed by atoms with van der Waals surface area (Å²) in [5.74, 6) is 0.647. The monoisotopic (exact) mass is 460 g/mol. The number of aromatic nitrogens is 2. The summed E-state index contributed by atoms with van der Waals surface area (Å²) in [7, 11) is 1.58. The van der Waals surface area contributed by atoms with Crippen molar-refractivity contribution in [3.8, 4) is 5.75 Å². The third-order valence-electron chi connectivity index (χ3n) is 4.48. The molecule has 1 fully saturated rings. The van der Waals surface area contributed by atoms with Crippen molar-refractivity contribution in [3.63, 3.8) is 0 Å². The zero-order chi connectivity index (χ0) is 18.8. The number of hydrogen-bond donors (Lipinski definition) is 1. The second kappa shape index (κ2) is 8.17. The molecule has 1 N–H and O–H groups in total. The maximum absolute atomic E-state index is 13.0. The molecule has 1 unspecified atom stereocenters. The number of anilines is 1. The summed E-state index contributed by atoms with van der Waals surface area (Å²) in [6, 6.07) is 5.24. The van der Waals surface area contributed by atoms with Crippen LogP contribution < -0.4 is 15.0 Å². The highest BCUT2D eigenvalue weighted by Crippen LogP contribution is 2.31. The normalized spacial score (nSPS) is 17.4. The Morgan fingerprint density at radius 1 is 1.46 bits per heavy atom. The Morgan fingerprint density at radius 2 is 2.23 bits per heavy atom. The Kier molecular flexibility index (Phi) is 6.12. The van der Waals surface area contributed by atoms with E-state index in [-0.39, 0.29) is 18.4 Å². The number of hydrogen-bond acceptors (Lipinski definition) is 5. The summed E-state index contributed by atoms with van der Waals surface area (Å²) < 4.78 is 7.48. The van der Waals surface area contributed by atoms with Crippen molar-refractivity contribution in [1.82, 2.24) is 15.1 Å². The van der Waals surface area contributed by atoms with E-state index >= 15 is 0 Å². The number of nitrogens with zero attached hydrogens (tertiary/aromatic N) is 3. The van der Waals surface area contributed by atoms with Gasteiger partial charge in [0.15, 0.2) is 5.78 Å². The number of rotatable bonds is 5. The Balaban J connectivity index is 1.84. The van der Waals surface area contributed by atoms with Gasteiger partial charge in [-0.25, -0.2) is 0 Å². The van der Waals surface area contributed by atoms with Crippen LogP contribution in [-0.4, -0.2) is 48.3 Å². The molecule has 2 aromatic rings. The van der Waals surface area contributed by atoms with Crippen LogP contribution >= 0.6 is 39.1 Å². The van der Waals surface area contributed by atoms with Crippen molar-refractivity contribution in [1.29, 1.82) is 0 Å². The number of carbonyl (C=O) groups is 1. The van der Waals surface area contributed by atoms with Crippen LogP contribution in [-0.2, 0) is 11.3 Å². The number of piperazine rings is 1. The highest BCUT2D eigenvalue weighted by Gasteiger charge is 2.30. The number of carbonyl (C=O) groups excluding carboxylic acids is 1. The highest BCUT2D eigenvalue weighted by atomic mass is 79.9. The molecule has 1 atom stereocenters. The SMILES string of the molecule is COc1cc(N2CCNCC2C(=O)Cn2nc(Br)c(Cl)c2C)ccc1Cl. The van der Waals surface area contributed by atoms with Gasteiger partial charge >= 0.3 is 0 Å². The summed E-state index contributed by atoms with van der Waals surface area (Å²) in [4.78, 5) is 15.1. The molecule has 1 aromatic heterocycles. The van der Waals surface area contributed by atoms with E-state index in [9.17, 15) is 4.79 Å². The van der Waals surface area contributed by atoms with Gasteiger partial charge in [0.2, 0.25) is 0 Å². The molecule has 2 heterocycles. The van der Waals surface area contributed by atoms with Crippen molar-refractivity contribution < 1.29 is 9.53 Å². The van der Waals surface area contributed by atoms with Gasteiger partial charge in [0.05, 0.1) is 22.8 Å². The second-order valence-corrected chi connectivity index (χ2v) is 7.58. The molecular formula is C17H19BrCl2N4O2. The van der Waals surface area contributed by atoms with Crippen molar-refractivity contribution in [2.75, 3.05) is 31.6 Å². The van der Waals surface area contributed by atoms with Crippen LogP contribution in [0.25, 0.3) is 0 Å². The summed E-state index contributed by atoms with van der Waals surface area (Å²) in [6.45, 7) is 4.08. The standard InChI is InChI=1S/C17H19BrCl2N4O2/c1-10-16(20)17(18)22-24(10)9-14(25)13-8-21-5-6-23(13)11-3-4-12(19)15(7-11)26-2/h3-4,7,13,21H,5-6,8-9H2,1-2H3. The minimum atomic E-state index is -0.309. The topological polar surface area (TPSA) is 59.4 Å². The number of halogens is 3. The lowest BCUT2D eigenvalue weighted by Gasteiger charge is -2.37. The summed E-state index contributed by atoms with van der Waals surface area (Å²) in [5.41, 5.74) is 1.66. The predicted molar refractivity (Wildman–Crippen MR) is 107 cm³/mol. The molecule has 0 aliphatic carbocycles. The molecular weight excluding hydrogens is 443 g/mol. The maximum atomic E-state index is 13.0. The summed E-state index contributed by atoms with van der Waals surface area (Å²) in [5, 5.41) is 8.64. The van der Waals surface area contributed by atoms with Gasteiger partial charge in [0, 0.05) is 31.4 Å². The van der Waals surface area contributed by atoms with Crippen molar-refractivity contribution in [3.05, 3.63) is 38.5 Å². The smallest absolute Gasteiger partial charge is 0.177 e. The van der Waals surface area contributed by atoms with E-state index in [4.69, 9.17) is 27.9 Å². The Bertz CT molecular complexity index is 827. The fraction of sp³-hybridized carbons (Fsp3) is 0.412. The summed E-state index contributed by atoms with van der Waals surface area (Å²) in [6.07, 6.45) is 0. The largest absolute Gasteiger partial charge is 0.495 e. The fourth-order valence-electron chi connectivity index (χ4n) is 3.02. The van der Waals surface area contributed by atoms with Gasteiger partial charge in [-0.05, 0) is 35.0 Å². The third kappa shape index (κ3) is 3.86. The number of benzene rings is 1. The number of methoxy groups -OCH3 is 1. The second-order valence-electron chi connectivity index (χ2n) is 6.05. The number of nitrogens with one attached hydrogen (secondary N) is 1. The van der Waals surface area contributed by atoms with Crippen LogP contribution in [0.2, 0.25) is 10.0 Å². The first-order chi connectivity index (χ1) is 12.4. The van der Waals surface area contributed by atoms with Gasteiger partial charge in [-0.3, -0.25) is 9.48 Å². The van der Waals surface area contributed by atoms with E-state index in [1.54, 1.807) is 17.9 Å². The molecule has 0 amide bonds. The van der Waals surface area contributed by atoms with Crippen LogP contribution in [0.5, 0.6) is 5.75 Å². The molecule has 0 radical (unpaired) electrons. The molecule has 1 aliphatic rings. The third-order valence-corrected chi connectivity index (χ3v) is 6.03. The van der Waals surface area contributed by atoms with Gasteiger partial charge in [0.1, 0.15) is 22.9 Å². The van der Waals surface area contributed by atoms with Crippen LogP contribution in [0.3, 0.4) is 0 Å². The molecule has 0 saturated carbocycles. The quantitative estimate of drug-likeness (QED) is 0.740. The zero-order valence-corrected chi connectivity index (χ0v) is 17.5. The van der Waals surface area contributed by atoms with E-state index in [1.165, 1.54) is 0 Å². The number of Topliss-reactive ketones (excluding diaryl/α,β-unsaturated/α-hetero) is 1. The van der Waals surface area contributed by atoms with E-state index in [0.29, 0.717) is 33.5 Å². The van der Waals surface area contributed by atoms with Crippen molar-refractivity contribution >= 4 is 50.6 Å². The summed E-state index contributed by atoms with van der Waals surface area (Å²) >= 11 is 15.6. The zero-order valence-electron chi connectivity index (χ0n) is 14.4. The Morgan fingerprint density at radius 3 is 2.88 bits per heavy atom. The lowest BCUT2D eigenvalue weighted by Crippen LogP contribution is -2.56. The van der Waals surface area contributed by atoms with Crippen LogP contribution in [0.15, 0.2) is 22.8 Å². The van der Waals surface area contributed by atoms with E-state index in [1.807, 2.05) is 19.1 Å². The van der Waals surface area contributed by atoms with Gasteiger partial charge < -0.3 is 15.0 Å². The molecule has 0 spiro atoms. The molecule has 26 heavy (non-hydrogen) atoms. The highest BCUT2D eigenvalue weighted by molar-refractivity contribution is 9.10. The molecule has 0 bridgehead atoms. The van der Waals surface area contributed by atoms with Gasteiger partial charge in [-0.2, -0.15) is 5.10 Å². The van der Waals surface area contributed by atoms with Gasteiger partial charge in [-0.15, -0.1) is 0 Å². The molecule has 9 heteroatoms. The first-order valence-corrected chi connectivity index (χ1v) is 9.69.